The van der Waals surface area contributed by atoms with Gasteiger partial charge in [0.15, 0.2) is 11.6 Å². The maximum atomic E-state index is 13.1. The second-order valence-corrected chi connectivity index (χ2v) is 11.0. The Hall–Kier alpha value is -3.54. The van der Waals surface area contributed by atoms with E-state index >= 15 is 0 Å². The van der Waals surface area contributed by atoms with E-state index in [0.29, 0.717) is 43.3 Å². The zero-order chi connectivity index (χ0) is 29.0. The van der Waals surface area contributed by atoms with Crippen molar-refractivity contribution in [2.45, 2.75) is 51.2 Å². The van der Waals surface area contributed by atoms with Gasteiger partial charge in [-0.2, -0.15) is 0 Å². The van der Waals surface area contributed by atoms with E-state index in [0.717, 1.165) is 29.9 Å². The van der Waals surface area contributed by atoms with Crippen molar-refractivity contribution in [1.29, 1.82) is 0 Å². The minimum absolute atomic E-state index is 0.00688. The number of primary amides is 1. The number of halogens is 2. The molecular formula is C29H37F2N5O4. The molecule has 4 N–H and O–H groups in total. The summed E-state index contributed by atoms with van der Waals surface area (Å²) in [6, 6.07) is 11.3. The Labute approximate surface area is 232 Å². The van der Waals surface area contributed by atoms with Crippen molar-refractivity contribution >= 4 is 11.8 Å². The van der Waals surface area contributed by atoms with Crippen molar-refractivity contribution < 1.29 is 28.2 Å². The molecule has 40 heavy (non-hydrogen) atoms. The molecule has 216 valence electrons. The molecule has 2 amide bonds. The van der Waals surface area contributed by atoms with Crippen molar-refractivity contribution in [3.8, 4) is 11.6 Å². The normalized spacial score (nSPS) is 20.2. The van der Waals surface area contributed by atoms with Crippen molar-refractivity contribution in [3.05, 3.63) is 70.8 Å². The first-order chi connectivity index (χ1) is 18.9. The standard InChI is InChI=1S/C17H23N5O3.C12H14F2O/c1-12-15(19-17(18)23)22(13-6-4-3-5-7-13)20-16(12)25-11-14-10-21(2)8-9-24-14;1-12(2)6-8(15)3-7-4-10(13)11(14)5-9(7)12/h3-7,14H,8-11H2,1-2H3,(H3,18,19,23);4-5,8,15H,3,6H2,1-2H3/t;8-/m.0/s1. The molecule has 9 nitrogen and oxygen atoms in total. The molecule has 2 aliphatic rings. The number of carbonyl (C=O) groups is 1. The Morgan fingerprint density at radius 3 is 2.62 bits per heavy atom. The molecule has 3 aromatic rings. The van der Waals surface area contributed by atoms with Gasteiger partial charge in [-0.15, -0.1) is 5.10 Å². The zero-order valence-electron chi connectivity index (χ0n) is 23.3. The Bertz CT molecular complexity index is 1330. The maximum absolute atomic E-state index is 13.1. The predicted octanol–water partition coefficient (Wildman–Crippen LogP) is 3.93. The number of morpholine rings is 1. The van der Waals surface area contributed by atoms with Crippen LogP contribution in [0.4, 0.5) is 19.4 Å². The molecule has 1 unspecified atom stereocenters. The lowest BCUT2D eigenvalue weighted by atomic mass is 9.71. The van der Waals surface area contributed by atoms with Crippen LogP contribution in [0.2, 0.25) is 0 Å². The second-order valence-electron chi connectivity index (χ2n) is 11.0. The molecule has 1 saturated heterocycles. The third-order valence-corrected chi connectivity index (χ3v) is 7.15. The summed E-state index contributed by atoms with van der Waals surface area (Å²) in [6.45, 7) is 8.52. The number of likely N-dealkylation sites (N-methyl/N-ethyl adjacent to an activating group) is 1. The lowest BCUT2D eigenvalue weighted by molar-refractivity contribution is -0.0411. The Balaban J connectivity index is 0.000000210. The molecule has 1 aliphatic carbocycles. The van der Waals surface area contributed by atoms with E-state index < -0.39 is 23.8 Å². The Morgan fingerprint density at radius 1 is 1.25 bits per heavy atom. The largest absolute Gasteiger partial charge is 0.474 e. The lowest BCUT2D eigenvalue weighted by Gasteiger charge is -2.35. The van der Waals surface area contributed by atoms with Crippen LogP contribution in [0.5, 0.6) is 5.88 Å². The minimum Gasteiger partial charge on any atom is -0.474 e. The van der Waals surface area contributed by atoms with Crippen LogP contribution >= 0.6 is 0 Å². The van der Waals surface area contributed by atoms with E-state index in [-0.39, 0.29) is 11.5 Å². The van der Waals surface area contributed by atoms with E-state index in [1.54, 1.807) is 4.68 Å². The summed E-state index contributed by atoms with van der Waals surface area (Å²) in [5.74, 6) is -0.698. The number of amides is 2. The summed E-state index contributed by atoms with van der Waals surface area (Å²) in [4.78, 5) is 13.6. The molecular weight excluding hydrogens is 520 g/mol. The predicted molar refractivity (Wildman–Crippen MR) is 148 cm³/mol. The number of hydrogen-bond donors (Lipinski definition) is 3. The van der Waals surface area contributed by atoms with E-state index in [2.05, 4.69) is 22.4 Å². The molecule has 2 aromatic carbocycles. The number of aliphatic hydroxyl groups is 1. The minimum atomic E-state index is -0.835. The van der Waals surface area contributed by atoms with Crippen LogP contribution in [0, 0.1) is 18.6 Å². The average molecular weight is 558 g/mol. The van der Waals surface area contributed by atoms with Crippen LogP contribution < -0.4 is 15.8 Å². The zero-order valence-corrected chi connectivity index (χ0v) is 23.3. The van der Waals surface area contributed by atoms with Gasteiger partial charge in [-0.3, -0.25) is 5.32 Å². The molecule has 0 bridgehead atoms. The summed E-state index contributed by atoms with van der Waals surface area (Å²) >= 11 is 0. The molecule has 2 heterocycles. The number of hydrogen-bond acceptors (Lipinski definition) is 6. The maximum Gasteiger partial charge on any atom is 0.317 e. The third-order valence-electron chi connectivity index (χ3n) is 7.15. The molecule has 1 aliphatic heterocycles. The van der Waals surface area contributed by atoms with Crippen LogP contribution in [0.1, 0.15) is 37.0 Å². The molecule has 2 atom stereocenters. The third kappa shape index (κ3) is 6.96. The van der Waals surface area contributed by atoms with E-state index in [9.17, 15) is 18.7 Å². The molecule has 0 saturated carbocycles. The highest BCUT2D eigenvalue weighted by atomic mass is 19.2. The van der Waals surface area contributed by atoms with Crippen LogP contribution in [0.25, 0.3) is 5.69 Å². The monoisotopic (exact) mass is 557 g/mol. The molecule has 0 radical (unpaired) electrons. The van der Waals surface area contributed by atoms with Crippen molar-refractivity contribution in [1.82, 2.24) is 14.7 Å². The highest BCUT2D eigenvalue weighted by Crippen LogP contribution is 2.37. The summed E-state index contributed by atoms with van der Waals surface area (Å²) in [7, 11) is 2.06. The van der Waals surface area contributed by atoms with Crippen molar-refractivity contribution in [3.63, 3.8) is 0 Å². The highest BCUT2D eigenvalue weighted by molar-refractivity contribution is 5.88. The van der Waals surface area contributed by atoms with E-state index in [1.807, 2.05) is 51.1 Å². The van der Waals surface area contributed by atoms with Crippen LogP contribution in [-0.4, -0.2) is 71.4 Å². The lowest BCUT2D eigenvalue weighted by Crippen LogP contribution is -2.42. The number of rotatable bonds is 5. The smallest absolute Gasteiger partial charge is 0.317 e. The van der Waals surface area contributed by atoms with Crippen molar-refractivity contribution in [2.24, 2.45) is 5.73 Å². The molecule has 1 aromatic heterocycles. The van der Waals surface area contributed by atoms with Gasteiger partial charge in [0.1, 0.15) is 18.5 Å². The van der Waals surface area contributed by atoms with E-state index in [1.165, 1.54) is 12.1 Å². The molecule has 5 rings (SSSR count). The number of carbonyl (C=O) groups excluding carboxylic acids is 1. The van der Waals surface area contributed by atoms with Gasteiger partial charge in [0.25, 0.3) is 0 Å². The first-order valence-electron chi connectivity index (χ1n) is 13.3. The number of fused-ring (bicyclic) bond motifs is 1. The number of nitrogens with zero attached hydrogens (tertiary/aromatic N) is 3. The summed E-state index contributed by atoms with van der Waals surface area (Å²) < 4.78 is 39.3. The fourth-order valence-electron chi connectivity index (χ4n) is 5.18. The second kappa shape index (κ2) is 12.3. The number of aromatic nitrogens is 2. The SMILES string of the molecule is CC1(C)C[C@@H](O)Cc2cc(F)c(F)cc21.Cc1c(OCC2CN(C)CCO2)nn(-c2ccccc2)c1NC(N)=O. The fourth-order valence-corrected chi connectivity index (χ4v) is 5.18. The summed E-state index contributed by atoms with van der Waals surface area (Å²) in [5.41, 5.74) is 8.06. The highest BCUT2D eigenvalue weighted by Gasteiger charge is 2.33. The molecule has 11 heteroatoms. The van der Waals surface area contributed by atoms with Gasteiger partial charge in [0.05, 0.1) is 24.0 Å². The van der Waals surface area contributed by atoms with Gasteiger partial charge in [0.2, 0.25) is 5.88 Å². The van der Waals surface area contributed by atoms with Gasteiger partial charge in [-0.05, 0) is 67.6 Å². The van der Waals surface area contributed by atoms with Gasteiger partial charge >= 0.3 is 6.03 Å². The number of anilines is 1. The average Bonchev–Trinajstić information content (AvgIpc) is 3.19. The fraction of sp³-hybridized carbons (Fsp3) is 0.448. The summed E-state index contributed by atoms with van der Waals surface area (Å²) in [5, 5.41) is 16.8. The van der Waals surface area contributed by atoms with Crippen LogP contribution in [0.3, 0.4) is 0 Å². The molecule has 1 fully saturated rings. The van der Waals surface area contributed by atoms with Gasteiger partial charge in [-0.25, -0.2) is 18.3 Å². The van der Waals surface area contributed by atoms with Crippen molar-refractivity contribution in [2.75, 3.05) is 38.7 Å². The van der Waals surface area contributed by atoms with Gasteiger partial charge < -0.3 is 25.2 Å². The topological polar surface area (TPSA) is 115 Å². The number of urea groups is 1. The van der Waals surface area contributed by atoms with Crippen LogP contribution in [-0.2, 0) is 16.6 Å². The summed E-state index contributed by atoms with van der Waals surface area (Å²) in [6.07, 6.45) is 0.533. The number of para-hydroxylation sites is 1. The Kier molecular flexibility index (Phi) is 9.07. The number of aliphatic hydroxyl groups excluding tert-OH is 1. The van der Waals surface area contributed by atoms with Gasteiger partial charge in [-0.1, -0.05) is 32.0 Å². The van der Waals surface area contributed by atoms with Crippen LogP contribution in [0.15, 0.2) is 42.5 Å². The first-order valence-corrected chi connectivity index (χ1v) is 13.3. The number of benzene rings is 2. The number of nitrogens with two attached hydrogens (primary N) is 1. The van der Waals surface area contributed by atoms with Gasteiger partial charge in [0, 0.05) is 13.1 Å². The van der Waals surface area contributed by atoms with E-state index in [4.69, 9.17) is 15.2 Å². The molecule has 0 spiro atoms. The number of nitrogens with one attached hydrogen (secondary N) is 1. The quantitative estimate of drug-likeness (QED) is 0.438. The first kappa shape index (κ1) is 29.4. The Morgan fingerprint density at radius 2 is 1.95 bits per heavy atom. The number of ether oxygens (including phenoxy) is 2.